The van der Waals surface area contributed by atoms with E-state index in [1.165, 1.54) is 0 Å². The largest absolute Gasteiger partial charge is 0.493 e. The summed E-state index contributed by atoms with van der Waals surface area (Å²) >= 11 is 0. The van der Waals surface area contributed by atoms with Gasteiger partial charge in [-0.3, -0.25) is 9.59 Å². The van der Waals surface area contributed by atoms with Gasteiger partial charge in [0.15, 0.2) is 0 Å². The third kappa shape index (κ3) is 4.15. The quantitative estimate of drug-likeness (QED) is 0.802. The highest BCUT2D eigenvalue weighted by Crippen LogP contribution is 2.30. The van der Waals surface area contributed by atoms with Gasteiger partial charge in [0, 0.05) is 6.54 Å². The Kier molecular flexibility index (Phi) is 5.76. The number of benzene rings is 2. The van der Waals surface area contributed by atoms with E-state index in [0.717, 1.165) is 29.4 Å². The number of rotatable bonds is 7. The van der Waals surface area contributed by atoms with E-state index in [-0.39, 0.29) is 24.8 Å². The summed E-state index contributed by atoms with van der Waals surface area (Å²) in [5.74, 6) is 0.538. The molecule has 0 spiro atoms. The first-order valence-electron chi connectivity index (χ1n) is 9.34. The lowest BCUT2D eigenvalue weighted by Gasteiger charge is -2.28. The summed E-state index contributed by atoms with van der Waals surface area (Å²) in [5, 5.41) is 8.07. The van der Waals surface area contributed by atoms with Crippen LogP contribution in [0.3, 0.4) is 0 Å². The van der Waals surface area contributed by atoms with Crippen LogP contribution >= 0.6 is 0 Å². The van der Waals surface area contributed by atoms with Gasteiger partial charge in [-0.25, -0.2) is 0 Å². The predicted molar refractivity (Wildman–Crippen MR) is 102 cm³/mol. The van der Waals surface area contributed by atoms with Crippen molar-refractivity contribution in [3.8, 4) is 5.75 Å². The molecule has 0 aliphatic heterocycles. The van der Waals surface area contributed by atoms with Gasteiger partial charge in [-0.2, -0.15) is 0 Å². The Morgan fingerprint density at radius 2 is 1.81 bits per heavy atom. The Morgan fingerprint density at radius 1 is 1.08 bits per heavy atom. The molecule has 1 aliphatic carbocycles. The molecular weight excluding hydrogens is 328 g/mol. The van der Waals surface area contributed by atoms with E-state index in [1.807, 2.05) is 43.3 Å². The third-order valence-electron chi connectivity index (χ3n) is 4.93. The van der Waals surface area contributed by atoms with Crippen molar-refractivity contribution < 1.29 is 14.3 Å². The van der Waals surface area contributed by atoms with Crippen molar-refractivity contribution in [3.05, 3.63) is 42.5 Å². The molecule has 0 saturated heterocycles. The number of fused-ring (bicyclic) bond motifs is 1. The normalized spacial score (nSPS) is 15.6. The molecule has 0 radical (unpaired) electrons. The Balaban J connectivity index is 1.53. The molecule has 1 saturated carbocycles. The van der Waals surface area contributed by atoms with Crippen LogP contribution in [0.15, 0.2) is 42.5 Å². The molecule has 2 aromatic rings. The van der Waals surface area contributed by atoms with Crippen LogP contribution in [0.1, 0.15) is 39.0 Å². The van der Waals surface area contributed by atoms with Crippen LogP contribution in [0, 0.1) is 0 Å². The van der Waals surface area contributed by atoms with Crippen LogP contribution in [0.4, 0.5) is 0 Å². The Morgan fingerprint density at radius 3 is 2.54 bits per heavy atom. The Bertz CT molecular complexity index is 782. The molecule has 5 heteroatoms. The van der Waals surface area contributed by atoms with Crippen molar-refractivity contribution >= 4 is 22.6 Å². The molecule has 1 aliphatic rings. The first kappa shape index (κ1) is 18.2. The van der Waals surface area contributed by atoms with Gasteiger partial charge >= 0.3 is 0 Å². The second-order valence-electron chi connectivity index (χ2n) is 6.80. The fourth-order valence-electron chi connectivity index (χ4n) is 3.57. The second-order valence-corrected chi connectivity index (χ2v) is 6.80. The highest BCUT2D eigenvalue weighted by Gasteiger charge is 2.41. The van der Waals surface area contributed by atoms with Crippen LogP contribution in [-0.4, -0.2) is 30.5 Å². The number of carbonyl (C=O) groups excluding carboxylic acids is 2. The summed E-state index contributed by atoms with van der Waals surface area (Å²) in [6.07, 6.45) is 3.57. The molecule has 0 bridgehead atoms. The number of likely N-dealkylation sites (N-methyl/N-ethyl adjacent to an activating group) is 1. The lowest BCUT2D eigenvalue weighted by Crippen LogP contribution is -2.57. The molecule has 1 fully saturated rings. The molecule has 5 nitrogen and oxygen atoms in total. The van der Waals surface area contributed by atoms with Crippen molar-refractivity contribution in [1.29, 1.82) is 0 Å². The molecule has 138 valence electrons. The maximum absolute atomic E-state index is 12.4. The van der Waals surface area contributed by atoms with E-state index in [0.29, 0.717) is 19.4 Å². The summed E-state index contributed by atoms with van der Waals surface area (Å²) in [6.45, 7) is 2.75. The Labute approximate surface area is 154 Å². The van der Waals surface area contributed by atoms with Gasteiger partial charge in [-0.15, -0.1) is 0 Å². The van der Waals surface area contributed by atoms with Gasteiger partial charge in [0.1, 0.15) is 11.3 Å². The number of hydrogen-bond donors (Lipinski definition) is 2. The van der Waals surface area contributed by atoms with Crippen molar-refractivity contribution in [2.24, 2.45) is 0 Å². The van der Waals surface area contributed by atoms with Crippen molar-refractivity contribution in [2.75, 3.05) is 13.2 Å². The fraction of sp³-hybridized carbons (Fsp3) is 0.429. The lowest BCUT2D eigenvalue weighted by atomic mass is 9.96. The molecule has 0 aromatic heterocycles. The number of nitrogens with one attached hydrogen (secondary N) is 2. The van der Waals surface area contributed by atoms with Crippen LogP contribution in [0.2, 0.25) is 0 Å². The molecular formula is C21H26N2O3. The van der Waals surface area contributed by atoms with Gasteiger partial charge in [0.2, 0.25) is 11.8 Å². The highest BCUT2D eigenvalue weighted by molar-refractivity contribution is 5.91. The highest BCUT2D eigenvalue weighted by atomic mass is 16.5. The van der Waals surface area contributed by atoms with Gasteiger partial charge in [-0.1, -0.05) is 43.2 Å². The topological polar surface area (TPSA) is 67.4 Å². The van der Waals surface area contributed by atoms with E-state index >= 15 is 0 Å². The summed E-state index contributed by atoms with van der Waals surface area (Å²) in [5.41, 5.74) is -0.740. The molecule has 0 unspecified atom stereocenters. The second kappa shape index (κ2) is 8.21. The molecule has 2 aromatic carbocycles. The fourth-order valence-corrected chi connectivity index (χ4v) is 3.57. The van der Waals surface area contributed by atoms with Gasteiger partial charge in [-0.05, 0) is 42.7 Å². The van der Waals surface area contributed by atoms with E-state index in [1.54, 1.807) is 0 Å². The Hall–Kier alpha value is -2.56. The third-order valence-corrected chi connectivity index (χ3v) is 4.93. The molecule has 26 heavy (non-hydrogen) atoms. The van der Waals surface area contributed by atoms with Gasteiger partial charge in [0.25, 0.3) is 0 Å². The van der Waals surface area contributed by atoms with Gasteiger partial charge < -0.3 is 15.4 Å². The number of ether oxygens (including phenoxy) is 1. The van der Waals surface area contributed by atoms with Crippen LogP contribution < -0.4 is 15.4 Å². The number of hydrogen-bond acceptors (Lipinski definition) is 3. The zero-order valence-corrected chi connectivity index (χ0v) is 15.2. The summed E-state index contributed by atoms with van der Waals surface area (Å²) in [4.78, 5) is 24.7. The number of amides is 2. The summed E-state index contributed by atoms with van der Waals surface area (Å²) in [7, 11) is 0. The maximum atomic E-state index is 12.4. The minimum Gasteiger partial charge on any atom is -0.493 e. The smallest absolute Gasteiger partial charge is 0.245 e. The molecule has 0 heterocycles. The average Bonchev–Trinajstić information content (AvgIpc) is 3.11. The minimum atomic E-state index is -0.740. The summed E-state index contributed by atoms with van der Waals surface area (Å²) in [6, 6.07) is 14.0. The summed E-state index contributed by atoms with van der Waals surface area (Å²) < 4.78 is 5.73. The molecule has 3 rings (SSSR count). The molecule has 2 N–H and O–H groups in total. The van der Waals surface area contributed by atoms with E-state index < -0.39 is 5.54 Å². The monoisotopic (exact) mass is 354 g/mol. The van der Waals surface area contributed by atoms with E-state index in [9.17, 15) is 9.59 Å². The van der Waals surface area contributed by atoms with E-state index in [2.05, 4.69) is 16.7 Å². The first-order chi connectivity index (χ1) is 12.6. The lowest BCUT2D eigenvalue weighted by molar-refractivity contribution is -0.133. The van der Waals surface area contributed by atoms with Crippen molar-refractivity contribution in [2.45, 2.75) is 44.6 Å². The zero-order valence-electron chi connectivity index (χ0n) is 15.2. The average molecular weight is 354 g/mol. The van der Waals surface area contributed by atoms with Crippen LogP contribution in [0.25, 0.3) is 10.8 Å². The SMILES string of the molecule is CCNC(=O)C1(NC(=O)CCOc2ccc3ccccc3c2)CCCC1. The van der Waals surface area contributed by atoms with E-state index in [4.69, 9.17) is 4.74 Å². The van der Waals surface area contributed by atoms with Crippen molar-refractivity contribution in [1.82, 2.24) is 10.6 Å². The molecule has 2 amide bonds. The zero-order chi connectivity index (χ0) is 18.4. The first-order valence-corrected chi connectivity index (χ1v) is 9.34. The van der Waals surface area contributed by atoms with Crippen LogP contribution in [0.5, 0.6) is 5.75 Å². The van der Waals surface area contributed by atoms with Crippen molar-refractivity contribution in [3.63, 3.8) is 0 Å². The standard InChI is InChI=1S/C21H26N2O3/c1-2-22-20(25)21(12-5-6-13-21)23-19(24)11-14-26-18-10-9-16-7-3-4-8-17(16)15-18/h3-4,7-10,15H,2,5-6,11-14H2,1H3,(H,22,25)(H,23,24). The molecule has 0 atom stereocenters. The predicted octanol–water partition coefficient (Wildman–Crippen LogP) is 3.17. The minimum absolute atomic E-state index is 0.0682. The van der Waals surface area contributed by atoms with Crippen LogP contribution in [-0.2, 0) is 9.59 Å². The van der Waals surface area contributed by atoms with Gasteiger partial charge in [0.05, 0.1) is 13.0 Å². The number of carbonyl (C=O) groups is 2. The maximum Gasteiger partial charge on any atom is 0.245 e.